The van der Waals surface area contributed by atoms with E-state index in [-0.39, 0.29) is 12.1 Å². The van der Waals surface area contributed by atoms with Crippen LogP contribution >= 0.6 is 0 Å². The van der Waals surface area contributed by atoms with Crippen molar-refractivity contribution in [1.29, 1.82) is 0 Å². The van der Waals surface area contributed by atoms with Crippen molar-refractivity contribution in [3.05, 3.63) is 30.2 Å². The highest BCUT2D eigenvalue weighted by Crippen LogP contribution is 2.02. The number of hydrogen-bond acceptors (Lipinski definition) is 1. The third kappa shape index (κ3) is 0.929. The standard InChI is InChI=1S/C6H6O/c7-6-4-2-1-3-5-6/h1-5,7H/i2D,3D,4D,5D. The largest absolute Gasteiger partial charge is 0.508 e. The Kier molecular flexibility index (Phi) is 0.355. The molecule has 1 nitrogen and oxygen atoms in total. The molecule has 0 aliphatic heterocycles. The number of para-hydroxylation sites is 1. The topological polar surface area (TPSA) is 20.2 Å². The van der Waals surface area contributed by atoms with Crippen molar-refractivity contribution in [1.82, 2.24) is 0 Å². The molecule has 0 saturated carbocycles. The van der Waals surface area contributed by atoms with E-state index in [4.69, 9.17) is 10.6 Å². The molecular formula is C6H6O. The van der Waals surface area contributed by atoms with Gasteiger partial charge >= 0.3 is 0 Å². The second-order valence-corrected chi connectivity index (χ2v) is 1.03. The molecule has 0 amide bonds. The summed E-state index contributed by atoms with van der Waals surface area (Å²) in [4.78, 5) is 0. The van der Waals surface area contributed by atoms with E-state index in [0.717, 1.165) is 6.07 Å². The smallest absolute Gasteiger partial charge is 0.115 e. The summed E-state index contributed by atoms with van der Waals surface area (Å²) >= 11 is 0. The number of benzene rings is 1. The van der Waals surface area contributed by atoms with Crippen molar-refractivity contribution in [2.45, 2.75) is 0 Å². The van der Waals surface area contributed by atoms with Gasteiger partial charge in [-0.25, -0.2) is 0 Å². The second kappa shape index (κ2) is 1.65. The molecule has 0 aliphatic carbocycles. The molecule has 0 aromatic heterocycles. The third-order valence-electron chi connectivity index (χ3n) is 0.525. The van der Waals surface area contributed by atoms with Crippen LogP contribution in [0.4, 0.5) is 0 Å². The molecule has 0 radical (unpaired) electrons. The molecule has 7 heavy (non-hydrogen) atoms. The molecule has 1 N–H and O–H groups in total. The highest BCUT2D eigenvalue weighted by Gasteiger charge is 1.74. The third-order valence-corrected chi connectivity index (χ3v) is 0.525. The van der Waals surface area contributed by atoms with Gasteiger partial charge in [0.25, 0.3) is 0 Å². The van der Waals surface area contributed by atoms with E-state index >= 15 is 0 Å². The van der Waals surface area contributed by atoms with Gasteiger partial charge in [0.05, 0.1) is 5.48 Å². The van der Waals surface area contributed by atoms with Crippen LogP contribution in [0.25, 0.3) is 0 Å². The Morgan fingerprint density at radius 3 is 2.57 bits per heavy atom. The predicted octanol–water partition coefficient (Wildman–Crippen LogP) is 1.39. The zero-order chi connectivity index (χ0) is 8.59. The molecule has 0 aliphatic rings. The van der Waals surface area contributed by atoms with Gasteiger partial charge in [0.15, 0.2) is 0 Å². The molecular weight excluding hydrogens is 88.1 g/mol. The zero-order valence-electron chi connectivity index (χ0n) is 7.52. The van der Waals surface area contributed by atoms with Gasteiger partial charge in [0.2, 0.25) is 0 Å². The first-order valence-electron chi connectivity index (χ1n) is 3.80. The Balaban J connectivity index is 3.46. The molecule has 36 valence electrons. The van der Waals surface area contributed by atoms with Crippen LogP contribution in [0.3, 0.4) is 0 Å². The van der Waals surface area contributed by atoms with Crippen LogP contribution in [0.1, 0.15) is 5.48 Å². The minimum absolute atomic E-state index is 0.233. The van der Waals surface area contributed by atoms with Crippen molar-refractivity contribution < 1.29 is 10.6 Å². The molecule has 0 spiro atoms. The van der Waals surface area contributed by atoms with E-state index in [2.05, 4.69) is 0 Å². The van der Waals surface area contributed by atoms with Crippen molar-refractivity contribution >= 4 is 0 Å². The fourth-order valence-electron chi connectivity index (χ4n) is 0.276. The van der Waals surface area contributed by atoms with Crippen LogP contribution in [0.5, 0.6) is 5.75 Å². The molecule has 1 aromatic rings. The monoisotopic (exact) mass is 98.1 g/mol. The summed E-state index contributed by atoms with van der Waals surface area (Å²) in [6.07, 6.45) is 0. The van der Waals surface area contributed by atoms with E-state index in [9.17, 15) is 0 Å². The maximum absolute atomic E-state index is 8.95. The van der Waals surface area contributed by atoms with Crippen molar-refractivity contribution in [2.75, 3.05) is 0 Å². The number of phenolic OH excluding ortho intramolecular Hbond substituents is 1. The van der Waals surface area contributed by atoms with Gasteiger partial charge in [-0.05, 0) is 12.1 Å². The number of aromatic hydroxyl groups is 1. The van der Waals surface area contributed by atoms with Gasteiger partial charge in [-0.1, -0.05) is 18.2 Å². The lowest BCUT2D eigenvalue weighted by atomic mass is 10.3. The van der Waals surface area contributed by atoms with Crippen LogP contribution in [0.15, 0.2) is 30.2 Å². The number of hydrogen-bond donors (Lipinski definition) is 1. The molecule has 0 unspecified atom stereocenters. The van der Waals surface area contributed by atoms with Crippen molar-refractivity contribution in [3.8, 4) is 5.75 Å². The summed E-state index contributed by atoms with van der Waals surface area (Å²) in [5.74, 6) is -0.595. The first-order chi connectivity index (χ1) is 5.04. The molecule has 1 rings (SSSR count). The zero-order valence-corrected chi connectivity index (χ0v) is 3.52. The molecule has 0 fully saturated rings. The highest BCUT2D eigenvalue weighted by molar-refractivity contribution is 5.18. The predicted molar refractivity (Wildman–Crippen MR) is 28.1 cm³/mol. The summed E-state index contributed by atoms with van der Waals surface area (Å²) in [5.41, 5.74) is 0. The molecule has 0 saturated heterocycles. The van der Waals surface area contributed by atoms with Crippen molar-refractivity contribution in [2.24, 2.45) is 0 Å². The average Bonchev–Trinajstić information content (AvgIpc) is 1.97. The Bertz CT molecular complexity index is 271. The fraction of sp³-hybridized carbons (Fsp3) is 0. The minimum atomic E-state index is -0.595. The van der Waals surface area contributed by atoms with Crippen LogP contribution in [-0.2, 0) is 0 Å². The highest BCUT2D eigenvalue weighted by atomic mass is 16.3. The van der Waals surface area contributed by atoms with Gasteiger partial charge in [-0.3, -0.25) is 0 Å². The maximum Gasteiger partial charge on any atom is 0.115 e. The summed E-state index contributed by atoms with van der Waals surface area (Å²) in [6.45, 7) is 0. The Hall–Kier alpha value is -0.980. The van der Waals surface area contributed by atoms with E-state index in [1.165, 1.54) is 0 Å². The summed E-state index contributed by atoms with van der Waals surface area (Å²) < 4.78 is 28.2. The second-order valence-electron chi connectivity index (χ2n) is 1.03. The molecule has 1 aromatic carbocycles. The lowest BCUT2D eigenvalue weighted by molar-refractivity contribution is 0.475. The van der Waals surface area contributed by atoms with E-state index < -0.39 is 17.8 Å². The van der Waals surface area contributed by atoms with Crippen molar-refractivity contribution in [3.63, 3.8) is 0 Å². The Morgan fingerprint density at radius 1 is 1.43 bits per heavy atom. The maximum atomic E-state index is 8.95. The van der Waals surface area contributed by atoms with Crippen LogP contribution in [0.2, 0.25) is 0 Å². The van der Waals surface area contributed by atoms with Gasteiger partial charge < -0.3 is 5.11 Å². The molecule has 0 heterocycles. The van der Waals surface area contributed by atoms with Gasteiger partial charge in [0.1, 0.15) is 5.75 Å². The summed E-state index contributed by atoms with van der Waals surface area (Å²) in [5, 5.41) is 8.95. The summed E-state index contributed by atoms with van der Waals surface area (Å²) in [6, 6.07) is -0.200. The Morgan fingerprint density at radius 2 is 2.00 bits per heavy atom. The van der Waals surface area contributed by atoms with E-state index in [1.54, 1.807) is 0 Å². The van der Waals surface area contributed by atoms with Gasteiger partial charge in [-0.2, -0.15) is 0 Å². The number of phenols is 1. The molecule has 0 atom stereocenters. The first kappa shape index (κ1) is 1.51. The molecule has 1 heteroatoms. The van der Waals surface area contributed by atoms with E-state index in [0.29, 0.717) is 0 Å². The Labute approximate surface area is 47.8 Å². The molecule has 0 bridgehead atoms. The minimum Gasteiger partial charge on any atom is -0.508 e. The summed E-state index contributed by atoms with van der Waals surface area (Å²) in [7, 11) is 0. The SMILES string of the molecule is [2H]c1cc([2H])c([2H])c(O)c1[2H]. The lowest BCUT2D eigenvalue weighted by Crippen LogP contribution is -1.56. The van der Waals surface area contributed by atoms with Crippen LogP contribution in [0, 0.1) is 0 Å². The number of rotatable bonds is 0. The van der Waals surface area contributed by atoms with Crippen LogP contribution < -0.4 is 0 Å². The average molecular weight is 98.1 g/mol. The van der Waals surface area contributed by atoms with Crippen LogP contribution in [-0.4, -0.2) is 5.11 Å². The normalized spacial score (nSPS) is 16.6. The van der Waals surface area contributed by atoms with Gasteiger partial charge in [0, 0.05) is 0 Å². The van der Waals surface area contributed by atoms with Gasteiger partial charge in [-0.15, -0.1) is 0 Å². The quantitative estimate of drug-likeness (QED) is 0.520. The fourth-order valence-corrected chi connectivity index (χ4v) is 0.276. The first-order valence-corrected chi connectivity index (χ1v) is 1.80. The van der Waals surface area contributed by atoms with E-state index in [1.807, 2.05) is 0 Å². The lowest BCUT2D eigenvalue weighted by Gasteiger charge is -1.82.